The number of furan rings is 1. The summed E-state index contributed by atoms with van der Waals surface area (Å²) in [6.07, 6.45) is 0.00520. The second kappa shape index (κ2) is 6.78. The Morgan fingerprint density at radius 2 is 2.24 bits per heavy atom. The van der Waals surface area contributed by atoms with Crippen molar-refractivity contribution in [2.75, 3.05) is 6.54 Å². The number of hydrogen-bond donors (Lipinski definition) is 1. The van der Waals surface area contributed by atoms with Crippen LogP contribution in [0.2, 0.25) is 0 Å². The number of aromatic nitrogens is 3. The summed E-state index contributed by atoms with van der Waals surface area (Å²) in [7, 11) is 0. The number of aryl methyl sites for hydroxylation is 1. The number of hydrogen-bond acceptors (Lipinski definition) is 5. The fourth-order valence-electron chi connectivity index (χ4n) is 2.98. The van der Waals surface area contributed by atoms with Crippen LogP contribution >= 0.6 is 0 Å². The molecule has 7 heteroatoms. The van der Waals surface area contributed by atoms with E-state index in [0.717, 1.165) is 22.8 Å². The fourth-order valence-corrected chi connectivity index (χ4v) is 2.98. The van der Waals surface area contributed by atoms with E-state index in [1.165, 1.54) is 12.1 Å². The van der Waals surface area contributed by atoms with E-state index in [1.807, 2.05) is 29.8 Å². The molecule has 0 radical (unpaired) electrons. The van der Waals surface area contributed by atoms with E-state index in [2.05, 4.69) is 15.6 Å². The average molecular weight is 342 g/mol. The molecule has 2 aromatic heterocycles. The van der Waals surface area contributed by atoms with Crippen LogP contribution in [0, 0.1) is 12.7 Å². The highest BCUT2D eigenvalue weighted by molar-refractivity contribution is 5.61. The molecule has 3 aromatic rings. The van der Waals surface area contributed by atoms with Gasteiger partial charge in [0, 0.05) is 12.1 Å². The van der Waals surface area contributed by atoms with Crippen molar-refractivity contribution in [3.63, 3.8) is 0 Å². The van der Waals surface area contributed by atoms with Gasteiger partial charge in [0.25, 0.3) is 0 Å². The molecule has 1 atom stereocenters. The molecule has 1 aliphatic rings. The first-order valence-corrected chi connectivity index (χ1v) is 8.25. The third-order valence-electron chi connectivity index (χ3n) is 4.24. The average Bonchev–Trinajstić information content (AvgIpc) is 3.21. The lowest BCUT2D eigenvalue weighted by molar-refractivity contribution is 0.00106. The van der Waals surface area contributed by atoms with Gasteiger partial charge in [-0.2, -0.15) is 0 Å². The van der Waals surface area contributed by atoms with Crippen molar-refractivity contribution in [1.82, 2.24) is 20.3 Å². The Morgan fingerprint density at radius 3 is 3.04 bits per heavy atom. The van der Waals surface area contributed by atoms with Crippen LogP contribution in [0.1, 0.15) is 17.2 Å². The summed E-state index contributed by atoms with van der Waals surface area (Å²) in [4.78, 5) is 0. The van der Waals surface area contributed by atoms with Gasteiger partial charge in [0.05, 0.1) is 31.5 Å². The van der Waals surface area contributed by atoms with Crippen LogP contribution in [0.3, 0.4) is 0 Å². The quantitative estimate of drug-likeness (QED) is 0.772. The highest BCUT2D eigenvalue weighted by Crippen LogP contribution is 2.25. The molecule has 1 aliphatic heterocycles. The van der Waals surface area contributed by atoms with Gasteiger partial charge in [-0.1, -0.05) is 17.3 Å². The zero-order valence-electron chi connectivity index (χ0n) is 13.9. The normalized spacial score (nSPS) is 16.8. The molecule has 0 saturated heterocycles. The molecule has 1 N–H and O–H groups in total. The molecule has 130 valence electrons. The van der Waals surface area contributed by atoms with Crippen LogP contribution in [-0.2, 0) is 24.4 Å². The van der Waals surface area contributed by atoms with Gasteiger partial charge in [-0.15, -0.1) is 5.10 Å². The van der Waals surface area contributed by atoms with Gasteiger partial charge in [0.15, 0.2) is 0 Å². The zero-order chi connectivity index (χ0) is 17.2. The topological polar surface area (TPSA) is 65.1 Å². The lowest BCUT2D eigenvalue weighted by atomic mass is 10.1. The standard InChI is InChI=1S/C18H19FN4O2/c1-12-5-6-15(25-12)8-20-9-16-10-23-17(11-24-16)18(21-22-23)13-3-2-4-14(19)7-13/h2-7,16,20H,8-11H2,1H3. The van der Waals surface area contributed by atoms with Crippen LogP contribution < -0.4 is 5.32 Å². The molecule has 0 aliphatic carbocycles. The molecule has 0 bridgehead atoms. The summed E-state index contributed by atoms with van der Waals surface area (Å²) in [5.74, 6) is 1.53. The Balaban J connectivity index is 1.39. The van der Waals surface area contributed by atoms with Gasteiger partial charge >= 0.3 is 0 Å². The van der Waals surface area contributed by atoms with Gasteiger partial charge in [0.2, 0.25) is 0 Å². The first-order valence-electron chi connectivity index (χ1n) is 8.25. The lowest BCUT2D eigenvalue weighted by Crippen LogP contribution is -2.36. The summed E-state index contributed by atoms with van der Waals surface area (Å²) in [5, 5.41) is 11.7. The van der Waals surface area contributed by atoms with Crippen LogP contribution in [0.15, 0.2) is 40.8 Å². The smallest absolute Gasteiger partial charge is 0.123 e. The van der Waals surface area contributed by atoms with Crippen molar-refractivity contribution in [3.8, 4) is 11.3 Å². The summed E-state index contributed by atoms with van der Waals surface area (Å²) >= 11 is 0. The molecular formula is C18H19FN4O2. The van der Waals surface area contributed by atoms with E-state index in [9.17, 15) is 4.39 Å². The van der Waals surface area contributed by atoms with Gasteiger partial charge in [-0.3, -0.25) is 0 Å². The molecule has 3 heterocycles. The van der Waals surface area contributed by atoms with E-state index in [4.69, 9.17) is 9.15 Å². The molecule has 0 saturated carbocycles. The van der Waals surface area contributed by atoms with E-state index in [1.54, 1.807) is 6.07 Å². The molecule has 25 heavy (non-hydrogen) atoms. The van der Waals surface area contributed by atoms with Crippen molar-refractivity contribution < 1.29 is 13.5 Å². The van der Waals surface area contributed by atoms with Crippen molar-refractivity contribution in [3.05, 3.63) is 59.4 Å². The molecule has 1 unspecified atom stereocenters. The molecule has 0 spiro atoms. The number of benzene rings is 1. The van der Waals surface area contributed by atoms with Crippen molar-refractivity contribution in [2.24, 2.45) is 0 Å². The van der Waals surface area contributed by atoms with Crippen LogP contribution in [0.5, 0.6) is 0 Å². The highest BCUT2D eigenvalue weighted by atomic mass is 19.1. The maximum atomic E-state index is 13.4. The minimum Gasteiger partial charge on any atom is -0.465 e. The second-order valence-electron chi connectivity index (χ2n) is 6.15. The summed E-state index contributed by atoms with van der Waals surface area (Å²) < 4.78 is 26.7. The minimum atomic E-state index is -0.286. The van der Waals surface area contributed by atoms with E-state index >= 15 is 0 Å². The van der Waals surface area contributed by atoms with E-state index in [-0.39, 0.29) is 11.9 Å². The fraction of sp³-hybridized carbons (Fsp3) is 0.333. The number of rotatable bonds is 5. The summed E-state index contributed by atoms with van der Waals surface area (Å²) in [6, 6.07) is 10.3. The maximum Gasteiger partial charge on any atom is 0.123 e. The molecule has 4 rings (SSSR count). The van der Waals surface area contributed by atoms with Gasteiger partial charge < -0.3 is 14.5 Å². The Labute approximate surface area is 144 Å². The minimum absolute atomic E-state index is 0.00520. The third kappa shape index (κ3) is 3.47. The SMILES string of the molecule is Cc1ccc(CNCC2Cn3nnc(-c4cccc(F)c4)c3CO2)o1. The van der Waals surface area contributed by atoms with Gasteiger partial charge in [-0.05, 0) is 31.2 Å². The molecular weight excluding hydrogens is 323 g/mol. The Bertz CT molecular complexity index is 874. The maximum absolute atomic E-state index is 13.4. The van der Waals surface area contributed by atoms with Crippen molar-refractivity contribution in [1.29, 1.82) is 0 Å². The molecule has 0 fully saturated rings. The van der Waals surface area contributed by atoms with Crippen LogP contribution in [0.4, 0.5) is 4.39 Å². The number of fused-ring (bicyclic) bond motifs is 1. The lowest BCUT2D eigenvalue weighted by Gasteiger charge is -2.24. The Hall–Kier alpha value is -2.51. The number of nitrogens with zero attached hydrogens (tertiary/aromatic N) is 3. The van der Waals surface area contributed by atoms with E-state index < -0.39 is 0 Å². The van der Waals surface area contributed by atoms with Crippen LogP contribution in [0.25, 0.3) is 11.3 Å². The molecule has 1 aromatic carbocycles. The first kappa shape index (κ1) is 16.0. The number of halogens is 1. The summed E-state index contributed by atoms with van der Waals surface area (Å²) in [5.41, 5.74) is 2.27. The van der Waals surface area contributed by atoms with Gasteiger partial charge in [0.1, 0.15) is 23.0 Å². The molecule has 6 nitrogen and oxygen atoms in total. The predicted molar refractivity (Wildman–Crippen MR) is 89.1 cm³/mol. The Morgan fingerprint density at radius 1 is 1.32 bits per heavy atom. The number of nitrogens with one attached hydrogen (secondary N) is 1. The molecule has 0 amide bonds. The highest BCUT2D eigenvalue weighted by Gasteiger charge is 2.24. The second-order valence-corrected chi connectivity index (χ2v) is 6.15. The van der Waals surface area contributed by atoms with E-state index in [0.29, 0.717) is 31.9 Å². The monoisotopic (exact) mass is 342 g/mol. The van der Waals surface area contributed by atoms with Crippen molar-refractivity contribution >= 4 is 0 Å². The van der Waals surface area contributed by atoms with Crippen molar-refractivity contribution in [2.45, 2.75) is 32.7 Å². The van der Waals surface area contributed by atoms with Crippen LogP contribution in [-0.4, -0.2) is 27.6 Å². The first-order chi connectivity index (χ1) is 12.2. The predicted octanol–water partition coefficient (Wildman–Crippen LogP) is 2.67. The van der Waals surface area contributed by atoms with Gasteiger partial charge in [-0.25, -0.2) is 9.07 Å². The Kier molecular flexibility index (Phi) is 4.33. The summed E-state index contributed by atoms with van der Waals surface area (Å²) in [6.45, 7) is 4.30. The largest absolute Gasteiger partial charge is 0.465 e. The number of ether oxygens (including phenoxy) is 1. The zero-order valence-corrected chi connectivity index (χ0v) is 13.9. The third-order valence-corrected chi connectivity index (χ3v) is 4.24.